The molecule has 2 fully saturated rings. The summed E-state index contributed by atoms with van der Waals surface area (Å²) < 4.78 is 8.15. The Bertz CT molecular complexity index is 1610. The Morgan fingerprint density at radius 3 is 2.69 bits per heavy atom. The summed E-state index contributed by atoms with van der Waals surface area (Å²) in [6.07, 6.45) is 5.86. The van der Waals surface area contributed by atoms with Gasteiger partial charge < -0.3 is 24.2 Å². The Hall–Kier alpha value is -3.40. The number of benzene rings is 2. The van der Waals surface area contributed by atoms with E-state index in [2.05, 4.69) is 9.80 Å². The second-order valence-electron chi connectivity index (χ2n) is 10.1. The Balaban J connectivity index is 1.43. The maximum atomic E-state index is 12.8. The number of rotatable bonds is 7. The molecule has 0 saturated carbocycles. The molecular weight excluding hydrogens is 536 g/mol. The lowest BCUT2D eigenvalue weighted by Crippen LogP contribution is -2.32. The number of thiazole rings is 1. The monoisotopic (exact) mass is 564 g/mol. The van der Waals surface area contributed by atoms with Gasteiger partial charge >= 0.3 is 5.97 Å². The first-order valence-electron chi connectivity index (χ1n) is 13.1. The highest BCUT2D eigenvalue weighted by Gasteiger charge is 2.27. The average Bonchev–Trinajstić information content (AvgIpc) is 3.69. The molecule has 1 atom stereocenters. The molecule has 202 valence electrons. The fraction of sp³-hybridized carbons (Fsp3) is 0.345. The van der Waals surface area contributed by atoms with E-state index >= 15 is 0 Å². The number of fused-ring (bicyclic) bond motifs is 1. The van der Waals surface area contributed by atoms with Crippen LogP contribution in [0.1, 0.15) is 36.0 Å². The number of hydrogen-bond acceptors (Lipinski definition) is 7. The van der Waals surface area contributed by atoms with Gasteiger partial charge in [0.2, 0.25) is 0 Å². The fourth-order valence-electron chi connectivity index (χ4n) is 5.64. The summed E-state index contributed by atoms with van der Waals surface area (Å²) in [4.78, 5) is 34.1. The van der Waals surface area contributed by atoms with E-state index in [4.69, 9.17) is 21.3 Å². The van der Waals surface area contributed by atoms with E-state index in [1.807, 2.05) is 36.4 Å². The third-order valence-corrected chi connectivity index (χ3v) is 8.95. The van der Waals surface area contributed by atoms with E-state index in [1.165, 1.54) is 12.3 Å². The zero-order valence-corrected chi connectivity index (χ0v) is 23.2. The summed E-state index contributed by atoms with van der Waals surface area (Å²) in [6, 6.07) is 13.3. The minimum atomic E-state index is -1.26. The molecule has 4 heterocycles. The number of anilines is 2. The van der Waals surface area contributed by atoms with Crippen molar-refractivity contribution < 1.29 is 14.6 Å². The van der Waals surface area contributed by atoms with Gasteiger partial charge in [0.15, 0.2) is 10.6 Å². The van der Waals surface area contributed by atoms with E-state index in [1.54, 1.807) is 23.0 Å². The van der Waals surface area contributed by atoms with Crippen LogP contribution >= 0.6 is 22.9 Å². The summed E-state index contributed by atoms with van der Waals surface area (Å²) >= 11 is 8.32. The van der Waals surface area contributed by atoms with Gasteiger partial charge in [0.1, 0.15) is 5.56 Å². The van der Waals surface area contributed by atoms with Gasteiger partial charge in [-0.05, 0) is 56.0 Å². The number of pyridine rings is 1. The summed E-state index contributed by atoms with van der Waals surface area (Å²) in [5.41, 5.74) is 3.06. The maximum Gasteiger partial charge on any atom is 0.341 e. The molecule has 2 aliphatic rings. The number of carbonyl (C=O) groups is 1. The molecule has 0 amide bonds. The molecule has 1 N–H and O–H groups in total. The van der Waals surface area contributed by atoms with Gasteiger partial charge in [0.05, 0.1) is 39.3 Å². The third kappa shape index (κ3) is 4.90. The summed E-state index contributed by atoms with van der Waals surface area (Å²) in [5.74, 6) is -1.26. The van der Waals surface area contributed by atoms with Crippen molar-refractivity contribution in [2.45, 2.75) is 31.7 Å². The summed E-state index contributed by atoms with van der Waals surface area (Å²) in [7, 11) is 1.72. The van der Waals surface area contributed by atoms with Crippen LogP contribution in [0.25, 0.3) is 27.2 Å². The molecule has 6 rings (SSSR count). The molecule has 10 heteroatoms. The molecule has 0 spiro atoms. The van der Waals surface area contributed by atoms with Crippen molar-refractivity contribution in [2.75, 3.05) is 43.2 Å². The topological polar surface area (TPSA) is 87.9 Å². The van der Waals surface area contributed by atoms with Crippen LogP contribution in [-0.4, -0.2) is 60.0 Å². The first-order valence-corrected chi connectivity index (χ1v) is 14.3. The van der Waals surface area contributed by atoms with E-state index < -0.39 is 11.4 Å². The van der Waals surface area contributed by atoms with Crippen molar-refractivity contribution in [1.82, 2.24) is 9.55 Å². The van der Waals surface area contributed by atoms with Gasteiger partial charge in [0.25, 0.3) is 0 Å². The Morgan fingerprint density at radius 1 is 1.13 bits per heavy atom. The van der Waals surface area contributed by atoms with E-state index in [0.29, 0.717) is 23.4 Å². The minimum absolute atomic E-state index is 0.289. The van der Waals surface area contributed by atoms with Gasteiger partial charge in [-0.3, -0.25) is 4.79 Å². The van der Waals surface area contributed by atoms with Crippen molar-refractivity contribution in [3.05, 3.63) is 69.5 Å². The average molecular weight is 565 g/mol. The van der Waals surface area contributed by atoms with Crippen LogP contribution in [0.3, 0.4) is 0 Å². The molecule has 8 nitrogen and oxygen atoms in total. The number of nitrogens with zero attached hydrogens (tertiary/aromatic N) is 4. The number of methoxy groups -OCH3 is 1. The summed E-state index contributed by atoms with van der Waals surface area (Å²) in [5, 5.41) is 11.3. The number of carboxylic acid groups (broad SMARTS) is 1. The normalized spacial score (nSPS) is 17.4. The largest absolute Gasteiger partial charge is 0.477 e. The fourth-order valence-corrected chi connectivity index (χ4v) is 7.03. The maximum absolute atomic E-state index is 12.8. The summed E-state index contributed by atoms with van der Waals surface area (Å²) in [6.45, 7) is 3.55. The molecule has 2 aliphatic heterocycles. The van der Waals surface area contributed by atoms with Crippen molar-refractivity contribution in [1.29, 1.82) is 0 Å². The second-order valence-corrected chi connectivity index (χ2v) is 11.5. The number of aromatic carboxylic acids is 1. The van der Waals surface area contributed by atoms with E-state index in [9.17, 15) is 14.7 Å². The van der Waals surface area contributed by atoms with Crippen LogP contribution < -0.4 is 15.2 Å². The highest BCUT2D eigenvalue weighted by Crippen LogP contribution is 2.36. The SMILES string of the molecule is COC[C@H]1CCCN1c1nc2ccc(-n3cc(C(=O)O)c(=O)cc3-c3ccc(N4CCCC4)c(Cl)c3)cc2s1. The predicted octanol–water partition coefficient (Wildman–Crippen LogP) is 5.68. The lowest BCUT2D eigenvalue weighted by Gasteiger charge is -2.22. The lowest BCUT2D eigenvalue weighted by atomic mass is 10.1. The molecule has 0 radical (unpaired) electrons. The minimum Gasteiger partial charge on any atom is -0.477 e. The number of halogens is 1. The smallest absolute Gasteiger partial charge is 0.341 e. The number of carboxylic acids is 1. The molecule has 2 aromatic heterocycles. The molecule has 39 heavy (non-hydrogen) atoms. The molecular formula is C29H29ClN4O4S. The molecule has 2 aromatic carbocycles. The van der Waals surface area contributed by atoms with Gasteiger partial charge in [-0.2, -0.15) is 0 Å². The highest BCUT2D eigenvalue weighted by atomic mass is 35.5. The van der Waals surface area contributed by atoms with Crippen LogP contribution in [0, 0.1) is 0 Å². The van der Waals surface area contributed by atoms with Crippen LogP contribution in [0.5, 0.6) is 0 Å². The molecule has 0 unspecified atom stereocenters. The lowest BCUT2D eigenvalue weighted by molar-refractivity contribution is 0.0695. The van der Waals surface area contributed by atoms with Crippen LogP contribution in [0.15, 0.2) is 53.5 Å². The van der Waals surface area contributed by atoms with E-state index in [-0.39, 0.29) is 5.56 Å². The second kappa shape index (κ2) is 10.6. The zero-order chi connectivity index (χ0) is 27.1. The number of hydrogen-bond donors (Lipinski definition) is 1. The van der Waals surface area contributed by atoms with E-state index in [0.717, 1.165) is 77.6 Å². The Kier molecular flexibility index (Phi) is 7.05. The van der Waals surface area contributed by atoms with Crippen molar-refractivity contribution in [3.8, 4) is 16.9 Å². The zero-order valence-electron chi connectivity index (χ0n) is 21.6. The first kappa shape index (κ1) is 25.9. The van der Waals surface area contributed by atoms with Crippen LogP contribution in [0.2, 0.25) is 5.02 Å². The first-order chi connectivity index (χ1) is 18.9. The highest BCUT2D eigenvalue weighted by molar-refractivity contribution is 7.22. The quantitative estimate of drug-likeness (QED) is 0.309. The van der Waals surface area contributed by atoms with Crippen LogP contribution in [-0.2, 0) is 4.74 Å². The third-order valence-electron chi connectivity index (χ3n) is 7.59. The number of aromatic nitrogens is 2. The number of ether oxygens (including phenoxy) is 1. The molecule has 4 aromatic rings. The van der Waals surface area contributed by atoms with Gasteiger partial charge in [-0.15, -0.1) is 0 Å². The van der Waals surface area contributed by atoms with Crippen molar-refractivity contribution in [2.24, 2.45) is 0 Å². The molecule has 2 saturated heterocycles. The van der Waals surface area contributed by atoms with Crippen molar-refractivity contribution >= 4 is 49.9 Å². The predicted molar refractivity (Wildman–Crippen MR) is 156 cm³/mol. The molecule has 0 aliphatic carbocycles. The Morgan fingerprint density at radius 2 is 1.95 bits per heavy atom. The van der Waals surface area contributed by atoms with Gasteiger partial charge in [-0.25, -0.2) is 9.78 Å². The standard InChI is InChI=1S/C29H29ClN4O4S/c1-38-17-20-5-4-12-33(20)29-31-23-8-7-19(14-27(23)39-29)34-16-21(28(36)37)26(35)15-25(34)18-6-9-24(22(30)13-18)32-10-2-3-11-32/h6-9,13-16,20H,2-5,10-12,17H2,1H3,(H,36,37)/t20-/m1/s1. The van der Waals surface area contributed by atoms with Gasteiger partial charge in [0, 0.05) is 50.3 Å². The molecule has 0 bridgehead atoms. The van der Waals surface area contributed by atoms with Gasteiger partial charge in [-0.1, -0.05) is 29.0 Å². The van der Waals surface area contributed by atoms with Crippen LogP contribution in [0.4, 0.5) is 10.8 Å². The van der Waals surface area contributed by atoms with Crippen molar-refractivity contribution in [3.63, 3.8) is 0 Å². The Labute approximate surface area is 235 Å².